The molecule has 0 fully saturated rings. The van der Waals surface area contributed by atoms with Gasteiger partial charge in [0.2, 0.25) is 0 Å². The molecule has 1 rings (SSSR count). The molecule has 0 heterocycles. The van der Waals surface area contributed by atoms with Crippen molar-refractivity contribution in [2.75, 3.05) is 0 Å². The van der Waals surface area contributed by atoms with Gasteiger partial charge in [-0.3, -0.25) is 0 Å². The van der Waals surface area contributed by atoms with Crippen molar-refractivity contribution in [1.29, 1.82) is 0 Å². The second kappa shape index (κ2) is 3.89. The summed E-state index contributed by atoms with van der Waals surface area (Å²) in [6, 6.07) is 3.84. The van der Waals surface area contributed by atoms with E-state index in [4.69, 9.17) is 15.9 Å². The number of carbonyl (C=O) groups is 2. The van der Waals surface area contributed by atoms with Crippen LogP contribution in [0.4, 0.5) is 0 Å². The van der Waals surface area contributed by atoms with E-state index in [1.54, 1.807) is 0 Å². The fraction of sp³-hybridized carbons (Fsp3) is 0.111. The van der Waals surface area contributed by atoms with Crippen LogP contribution in [0.5, 0.6) is 0 Å². The van der Waals surface area contributed by atoms with E-state index in [1.807, 2.05) is 0 Å². The first kappa shape index (κ1) is 10.2. The molecule has 0 aliphatic rings. The monoisotopic (exact) mass is 195 g/mol. The third-order valence-corrected chi connectivity index (χ3v) is 1.81. The smallest absolute Gasteiger partial charge is 0.336 e. The highest BCUT2D eigenvalue weighted by Gasteiger charge is 2.12. The van der Waals surface area contributed by atoms with Crippen molar-refractivity contribution in [3.8, 4) is 0 Å². The lowest BCUT2D eigenvalue weighted by atomic mass is 10.0. The molecule has 0 atom stereocenters. The lowest BCUT2D eigenvalue weighted by molar-refractivity contribution is 0.0695. The van der Waals surface area contributed by atoms with Gasteiger partial charge in [0.25, 0.3) is 0 Å². The Hall–Kier alpha value is -1.88. The molecule has 5 nitrogen and oxygen atoms in total. The number of hydrogen-bond acceptors (Lipinski definition) is 3. The highest BCUT2D eigenvalue weighted by atomic mass is 16.4. The van der Waals surface area contributed by atoms with Gasteiger partial charge in [0.05, 0.1) is 11.1 Å². The summed E-state index contributed by atoms with van der Waals surface area (Å²) in [5.41, 5.74) is 5.60. The number of benzene rings is 1. The molecule has 0 aliphatic carbocycles. The first-order valence-electron chi connectivity index (χ1n) is 3.86. The van der Waals surface area contributed by atoms with Gasteiger partial charge in [-0.15, -0.1) is 0 Å². The van der Waals surface area contributed by atoms with Crippen LogP contribution in [0.15, 0.2) is 18.2 Å². The highest BCUT2D eigenvalue weighted by molar-refractivity contribution is 5.94. The van der Waals surface area contributed by atoms with Crippen LogP contribution in [0.25, 0.3) is 0 Å². The van der Waals surface area contributed by atoms with E-state index in [1.165, 1.54) is 12.1 Å². The van der Waals surface area contributed by atoms with Crippen molar-refractivity contribution < 1.29 is 19.8 Å². The van der Waals surface area contributed by atoms with E-state index in [0.717, 1.165) is 6.07 Å². The first-order valence-corrected chi connectivity index (χ1v) is 3.86. The number of carboxylic acid groups (broad SMARTS) is 2. The van der Waals surface area contributed by atoms with Crippen LogP contribution in [0, 0.1) is 0 Å². The molecule has 0 saturated heterocycles. The average molecular weight is 195 g/mol. The lowest BCUT2D eigenvalue weighted by Crippen LogP contribution is -2.09. The molecule has 0 saturated carbocycles. The van der Waals surface area contributed by atoms with E-state index < -0.39 is 11.9 Å². The zero-order valence-corrected chi connectivity index (χ0v) is 7.23. The Morgan fingerprint density at radius 3 is 2.29 bits per heavy atom. The highest BCUT2D eigenvalue weighted by Crippen LogP contribution is 2.11. The van der Waals surface area contributed by atoms with Gasteiger partial charge in [0.1, 0.15) is 0 Å². The van der Waals surface area contributed by atoms with E-state index in [2.05, 4.69) is 0 Å². The van der Waals surface area contributed by atoms with Crippen molar-refractivity contribution in [2.45, 2.75) is 6.54 Å². The number of aromatic carboxylic acids is 2. The number of carboxylic acids is 2. The summed E-state index contributed by atoms with van der Waals surface area (Å²) in [6.07, 6.45) is 0. The third-order valence-electron chi connectivity index (χ3n) is 1.81. The van der Waals surface area contributed by atoms with Gasteiger partial charge in [0.15, 0.2) is 0 Å². The molecule has 14 heavy (non-hydrogen) atoms. The van der Waals surface area contributed by atoms with Gasteiger partial charge in [-0.25, -0.2) is 9.59 Å². The Morgan fingerprint density at radius 2 is 1.86 bits per heavy atom. The summed E-state index contributed by atoms with van der Waals surface area (Å²) in [5.74, 6) is -2.33. The van der Waals surface area contributed by atoms with Crippen molar-refractivity contribution in [3.05, 3.63) is 34.9 Å². The molecule has 1 aromatic carbocycles. The Morgan fingerprint density at radius 1 is 1.21 bits per heavy atom. The van der Waals surface area contributed by atoms with E-state index >= 15 is 0 Å². The van der Waals surface area contributed by atoms with Crippen LogP contribution in [-0.2, 0) is 6.54 Å². The van der Waals surface area contributed by atoms with E-state index in [9.17, 15) is 9.59 Å². The Bertz CT molecular complexity index is 386. The molecule has 74 valence electrons. The summed E-state index contributed by atoms with van der Waals surface area (Å²) in [5, 5.41) is 17.4. The van der Waals surface area contributed by atoms with Gasteiger partial charge in [-0.1, -0.05) is 6.07 Å². The van der Waals surface area contributed by atoms with Gasteiger partial charge >= 0.3 is 11.9 Å². The maximum atomic E-state index is 10.7. The fourth-order valence-corrected chi connectivity index (χ4v) is 1.09. The summed E-state index contributed by atoms with van der Waals surface area (Å²) in [7, 11) is 0. The van der Waals surface area contributed by atoms with Crippen molar-refractivity contribution >= 4 is 11.9 Å². The molecule has 0 amide bonds. The van der Waals surface area contributed by atoms with Crippen LogP contribution in [0.2, 0.25) is 0 Å². The van der Waals surface area contributed by atoms with E-state index in [-0.39, 0.29) is 17.7 Å². The molecule has 0 unspecified atom stereocenters. The topological polar surface area (TPSA) is 101 Å². The molecular weight excluding hydrogens is 186 g/mol. The summed E-state index contributed by atoms with van der Waals surface area (Å²) in [4.78, 5) is 21.3. The molecule has 4 N–H and O–H groups in total. The van der Waals surface area contributed by atoms with Crippen molar-refractivity contribution in [3.63, 3.8) is 0 Å². The van der Waals surface area contributed by atoms with E-state index in [0.29, 0.717) is 5.56 Å². The van der Waals surface area contributed by atoms with Crippen molar-refractivity contribution in [1.82, 2.24) is 0 Å². The maximum Gasteiger partial charge on any atom is 0.336 e. The summed E-state index contributed by atoms with van der Waals surface area (Å²) < 4.78 is 0. The molecule has 1 aromatic rings. The van der Waals surface area contributed by atoms with Crippen molar-refractivity contribution in [2.24, 2.45) is 5.73 Å². The fourth-order valence-electron chi connectivity index (χ4n) is 1.09. The number of nitrogens with two attached hydrogens (primary N) is 1. The number of rotatable bonds is 3. The molecule has 0 radical (unpaired) electrons. The van der Waals surface area contributed by atoms with Gasteiger partial charge in [-0.2, -0.15) is 0 Å². The third kappa shape index (κ3) is 1.89. The Labute approximate surface area is 79.8 Å². The largest absolute Gasteiger partial charge is 0.478 e. The lowest BCUT2D eigenvalue weighted by Gasteiger charge is -2.03. The average Bonchev–Trinajstić information content (AvgIpc) is 2.16. The number of hydrogen-bond donors (Lipinski definition) is 3. The maximum absolute atomic E-state index is 10.7. The zero-order valence-electron chi connectivity index (χ0n) is 7.23. The predicted molar refractivity (Wildman–Crippen MR) is 48.3 cm³/mol. The molecule has 0 spiro atoms. The molecule has 0 bridgehead atoms. The van der Waals surface area contributed by atoms with Crippen LogP contribution >= 0.6 is 0 Å². The summed E-state index contributed by atoms with van der Waals surface area (Å²) in [6.45, 7) is 0.0710. The zero-order chi connectivity index (χ0) is 10.7. The minimum absolute atomic E-state index is 0.0559. The van der Waals surface area contributed by atoms with Crippen LogP contribution < -0.4 is 5.73 Å². The van der Waals surface area contributed by atoms with Crippen LogP contribution in [0.1, 0.15) is 26.3 Å². The quantitative estimate of drug-likeness (QED) is 0.653. The first-order chi connectivity index (χ1) is 6.56. The molecule has 0 aromatic heterocycles. The predicted octanol–water partition coefficient (Wildman–Crippen LogP) is 0.542. The Kier molecular flexibility index (Phi) is 2.83. The van der Waals surface area contributed by atoms with Gasteiger partial charge < -0.3 is 15.9 Å². The normalized spacial score (nSPS) is 9.79. The second-order valence-corrected chi connectivity index (χ2v) is 2.69. The van der Waals surface area contributed by atoms with Crippen LogP contribution in [0.3, 0.4) is 0 Å². The summed E-state index contributed by atoms with van der Waals surface area (Å²) >= 11 is 0. The minimum Gasteiger partial charge on any atom is -0.478 e. The van der Waals surface area contributed by atoms with Gasteiger partial charge in [0, 0.05) is 6.54 Å². The molecule has 5 heteroatoms. The minimum atomic E-state index is -1.17. The standard InChI is InChI=1S/C9H9NO4/c10-4-6-2-1-5(8(11)12)3-7(6)9(13)14/h1-3H,4,10H2,(H,11,12)(H,13,14). The molecular formula is C9H9NO4. The Balaban J connectivity index is 3.27. The van der Waals surface area contributed by atoms with Gasteiger partial charge in [-0.05, 0) is 17.7 Å². The molecule has 0 aliphatic heterocycles. The SMILES string of the molecule is NCc1ccc(C(=O)O)cc1C(=O)O. The second-order valence-electron chi connectivity index (χ2n) is 2.69. The van der Waals surface area contributed by atoms with Crippen LogP contribution in [-0.4, -0.2) is 22.2 Å².